The number of benzene rings is 2. The number of aliphatic hydroxyl groups is 1. The van der Waals surface area contributed by atoms with Crippen LogP contribution in [-0.2, 0) is 0 Å². The summed E-state index contributed by atoms with van der Waals surface area (Å²) in [6.07, 6.45) is -0.588. The van der Waals surface area contributed by atoms with Crippen molar-refractivity contribution in [3.8, 4) is 0 Å². The summed E-state index contributed by atoms with van der Waals surface area (Å²) in [6, 6.07) is 16.0. The van der Waals surface area contributed by atoms with Gasteiger partial charge in [0.25, 0.3) is 0 Å². The maximum absolute atomic E-state index is 13.6. The fourth-order valence-electron chi connectivity index (χ4n) is 2.02. The molecule has 0 aromatic heterocycles. The SMILES string of the molecule is C[C@@H](NCC(O)c1ccccc1)c1ccccc1F. The van der Waals surface area contributed by atoms with Crippen molar-refractivity contribution in [2.24, 2.45) is 0 Å². The monoisotopic (exact) mass is 259 g/mol. The molecular weight excluding hydrogens is 241 g/mol. The van der Waals surface area contributed by atoms with E-state index < -0.39 is 6.10 Å². The molecule has 2 aromatic rings. The normalized spacial score (nSPS) is 14.1. The fraction of sp³-hybridized carbons (Fsp3) is 0.250. The van der Waals surface area contributed by atoms with E-state index in [2.05, 4.69) is 5.32 Å². The molecule has 0 aliphatic rings. The highest BCUT2D eigenvalue weighted by atomic mass is 19.1. The van der Waals surface area contributed by atoms with Gasteiger partial charge in [-0.05, 0) is 18.6 Å². The molecule has 0 aliphatic carbocycles. The zero-order chi connectivity index (χ0) is 13.7. The van der Waals surface area contributed by atoms with Gasteiger partial charge in [0.05, 0.1) is 6.10 Å². The average Bonchev–Trinajstić information content (AvgIpc) is 2.46. The van der Waals surface area contributed by atoms with E-state index in [4.69, 9.17) is 0 Å². The Hall–Kier alpha value is -1.71. The Bertz CT molecular complexity index is 515. The number of hydrogen-bond donors (Lipinski definition) is 2. The van der Waals surface area contributed by atoms with Gasteiger partial charge in [-0.3, -0.25) is 0 Å². The van der Waals surface area contributed by atoms with Gasteiger partial charge in [-0.2, -0.15) is 0 Å². The van der Waals surface area contributed by atoms with E-state index in [-0.39, 0.29) is 11.9 Å². The van der Waals surface area contributed by atoms with Crippen LogP contribution in [0, 0.1) is 5.82 Å². The topological polar surface area (TPSA) is 32.3 Å². The van der Waals surface area contributed by atoms with Gasteiger partial charge in [0.15, 0.2) is 0 Å². The van der Waals surface area contributed by atoms with Crippen LogP contribution in [0.1, 0.15) is 30.2 Å². The third-order valence-electron chi connectivity index (χ3n) is 3.17. The summed E-state index contributed by atoms with van der Waals surface area (Å²) in [5.41, 5.74) is 1.47. The van der Waals surface area contributed by atoms with Crippen molar-refractivity contribution in [3.63, 3.8) is 0 Å². The summed E-state index contributed by atoms with van der Waals surface area (Å²) in [6.45, 7) is 2.27. The molecule has 0 saturated carbocycles. The van der Waals surface area contributed by atoms with Gasteiger partial charge in [-0.25, -0.2) is 4.39 Å². The molecule has 0 aliphatic heterocycles. The molecule has 2 nitrogen and oxygen atoms in total. The molecule has 2 N–H and O–H groups in total. The van der Waals surface area contributed by atoms with Gasteiger partial charge in [0.1, 0.15) is 5.82 Å². The first-order valence-corrected chi connectivity index (χ1v) is 6.39. The molecule has 1 unspecified atom stereocenters. The summed E-state index contributed by atoms with van der Waals surface area (Å²) in [7, 11) is 0. The van der Waals surface area contributed by atoms with E-state index in [0.717, 1.165) is 5.56 Å². The molecule has 0 spiro atoms. The third kappa shape index (κ3) is 3.63. The third-order valence-corrected chi connectivity index (χ3v) is 3.17. The van der Waals surface area contributed by atoms with Crippen LogP contribution in [-0.4, -0.2) is 11.7 Å². The Balaban J connectivity index is 1.94. The molecule has 0 saturated heterocycles. The summed E-state index contributed by atoms with van der Waals surface area (Å²) in [5, 5.41) is 13.2. The zero-order valence-corrected chi connectivity index (χ0v) is 10.9. The second kappa shape index (κ2) is 6.45. The van der Waals surface area contributed by atoms with Crippen LogP contribution >= 0.6 is 0 Å². The van der Waals surface area contributed by atoms with E-state index in [1.807, 2.05) is 43.3 Å². The molecule has 0 radical (unpaired) electrons. The lowest BCUT2D eigenvalue weighted by Gasteiger charge is -2.18. The first-order valence-electron chi connectivity index (χ1n) is 6.39. The predicted molar refractivity (Wildman–Crippen MR) is 74.2 cm³/mol. The largest absolute Gasteiger partial charge is 0.387 e. The second-order valence-electron chi connectivity index (χ2n) is 4.58. The van der Waals surface area contributed by atoms with Gasteiger partial charge in [0, 0.05) is 18.2 Å². The van der Waals surface area contributed by atoms with Crippen molar-refractivity contribution < 1.29 is 9.50 Å². The average molecular weight is 259 g/mol. The van der Waals surface area contributed by atoms with Gasteiger partial charge >= 0.3 is 0 Å². The van der Waals surface area contributed by atoms with Crippen LogP contribution in [0.15, 0.2) is 54.6 Å². The standard InChI is InChI=1S/C16H18FNO/c1-12(14-9-5-6-10-15(14)17)18-11-16(19)13-7-3-2-4-8-13/h2-10,12,16,18-19H,11H2,1H3/t12-,16?/m1/s1. The lowest BCUT2D eigenvalue weighted by molar-refractivity contribution is 0.170. The van der Waals surface area contributed by atoms with E-state index in [1.54, 1.807) is 12.1 Å². The first kappa shape index (κ1) is 13.7. The minimum Gasteiger partial charge on any atom is -0.387 e. The lowest BCUT2D eigenvalue weighted by Crippen LogP contribution is -2.25. The molecule has 100 valence electrons. The number of rotatable bonds is 5. The second-order valence-corrected chi connectivity index (χ2v) is 4.58. The van der Waals surface area contributed by atoms with Crippen LogP contribution in [0.4, 0.5) is 4.39 Å². The maximum Gasteiger partial charge on any atom is 0.127 e. The molecular formula is C16H18FNO. The zero-order valence-electron chi connectivity index (χ0n) is 10.9. The van der Waals surface area contributed by atoms with Crippen LogP contribution in [0.5, 0.6) is 0 Å². The van der Waals surface area contributed by atoms with Crippen molar-refractivity contribution in [2.45, 2.75) is 19.1 Å². The molecule has 3 heteroatoms. The molecule has 0 heterocycles. The molecule has 0 bridgehead atoms. The summed E-state index contributed by atoms with van der Waals surface area (Å²) < 4.78 is 13.6. The Kier molecular flexibility index (Phi) is 4.66. The highest BCUT2D eigenvalue weighted by Gasteiger charge is 2.12. The van der Waals surface area contributed by atoms with Gasteiger partial charge in [-0.1, -0.05) is 48.5 Å². The molecule has 2 rings (SSSR count). The van der Waals surface area contributed by atoms with E-state index >= 15 is 0 Å². The van der Waals surface area contributed by atoms with Crippen LogP contribution < -0.4 is 5.32 Å². The molecule has 2 atom stereocenters. The highest BCUT2D eigenvalue weighted by Crippen LogP contribution is 2.17. The van der Waals surface area contributed by atoms with E-state index in [9.17, 15) is 9.50 Å². The van der Waals surface area contributed by atoms with Gasteiger partial charge < -0.3 is 10.4 Å². The molecule has 0 amide bonds. The smallest absolute Gasteiger partial charge is 0.127 e. The van der Waals surface area contributed by atoms with E-state index in [1.165, 1.54) is 6.07 Å². The number of halogens is 1. The number of hydrogen-bond acceptors (Lipinski definition) is 2. The minimum absolute atomic E-state index is 0.139. The van der Waals surface area contributed by atoms with Crippen molar-refractivity contribution in [1.82, 2.24) is 5.32 Å². The number of aliphatic hydroxyl groups excluding tert-OH is 1. The van der Waals surface area contributed by atoms with Crippen LogP contribution in [0.2, 0.25) is 0 Å². The molecule has 2 aromatic carbocycles. The van der Waals surface area contributed by atoms with Crippen molar-refractivity contribution >= 4 is 0 Å². The molecule has 0 fully saturated rings. The van der Waals surface area contributed by atoms with Crippen LogP contribution in [0.3, 0.4) is 0 Å². The minimum atomic E-state index is -0.588. The van der Waals surface area contributed by atoms with Crippen LogP contribution in [0.25, 0.3) is 0 Å². The maximum atomic E-state index is 13.6. The highest BCUT2D eigenvalue weighted by molar-refractivity contribution is 5.21. The van der Waals surface area contributed by atoms with Gasteiger partial charge in [0.2, 0.25) is 0 Å². The first-order chi connectivity index (χ1) is 9.18. The van der Waals surface area contributed by atoms with Crippen molar-refractivity contribution in [3.05, 3.63) is 71.5 Å². The quantitative estimate of drug-likeness (QED) is 0.864. The number of nitrogens with one attached hydrogen (secondary N) is 1. The molecule has 19 heavy (non-hydrogen) atoms. The summed E-state index contributed by atoms with van der Waals surface area (Å²) in [5.74, 6) is -0.225. The van der Waals surface area contributed by atoms with Crippen molar-refractivity contribution in [1.29, 1.82) is 0 Å². The Morgan fingerprint density at radius 3 is 2.37 bits per heavy atom. The Labute approximate surface area is 112 Å². The lowest BCUT2D eigenvalue weighted by atomic mass is 10.1. The summed E-state index contributed by atoms with van der Waals surface area (Å²) >= 11 is 0. The predicted octanol–water partition coefficient (Wildman–Crippen LogP) is 3.21. The van der Waals surface area contributed by atoms with Crippen molar-refractivity contribution in [2.75, 3.05) is 6.54 Å². The fourth-order valence-corrected chi connectivity index (χ4v) is 2.02. The van der Waals surface area contributed by atoms with Gasteiger partial charge in [-0.15, -0.1) is 0 Å². The Morgan fingerprint density at radius 2 is 1.68 bits per heavy atom. The van der Waals surface area contributed by atoms with E-state index in [0.29, 0.717) is 12.1 Å². The Morgan fingerprint density at radius 1 is 1.05 bits per heavy atom. The summed E-state index contributed by atoms with van der Waals surface area (Å²) in [4.78, 5) is 0.